The molecule has 0 aliphatic carbocycles. The Morgan fingerprint density at radius 3 is 2.32 bits per heavy atom. The Morgan fingerprint density at radius 1 is 0.824 bits per heavy atom. The molecule has 174 valence electrons. The fourth-order valence-corrected chi connectivity index (χ4v) is 4.11. The minimum Gasteiger partial charge on any atom is -0.494 e. The molecule has 1 aliphatic heterocycles. The first-order valence-electron chi connectivity index (χ1n) is 11.6. The van der Waals surface area contributed by atoms with Gasteiger partial charge in [0.15, 0.2) is 0 Å². The Labute approximate surface area is 201 Å². The summed E-state index contributed by atoms with van der Waals surface area (Å²) in [6.07, 6.45) is 0.900. The molecule has 3 aromatic carbocycles. The lowest BCUT2D eigenvalue weighted by atomic mass is 9.99. The molecule has 0 bridgehead atoms. The number of nitrogens with one attached hydrogen (secondary N) is 1. The maximum absolute atomic E-state index is 13.7. The van der Waals surface area contributed by atoms with Crippen molar-refractivity contribution in [2.75, 3.05) is 16.8 Å². The summed E-state index contributed by atoms with van der Waals surface area (Å²) in [5.41, 5.74) is 6.77. The third-order valence-electron chi connectivity index (χ3n) is 6.05. The van der Waals surface area contributed by atoms with Gasteiger partial charge in [0.25, 0.3) is 11.8 Å². The second kappa shape index (κ2) is 9.56. The van der Waals surface area contributed by atoms with Gasteiger partial charge in [-0.05, 0) is 74.6 Å². The number of ether oxygens (including phenoxy) is 1. The molecule has 0 aromatic heterocycles. The van der Waals surface area contributed by atoms with E-state index in [1.807, 2.05) is 95.3 Å². The fraction of sp³-hybridized carbons (Fsp3) is 0.241. The molecule has 5 heteroatoms. The number of carbonyl (C=O) groups is 2. The number of aryl methyl sites for hydroxylation is 4. The van der Waals surface area contributed by atoms with Crippen LogP contribution in [0.1, 0.15) is 41.2 Å². The first kappa shape index (κ1) is 23.3. The van der Waals surface area contributed by atoms with Crippen LogP contribution in [0.5, 0.6) is 5.75 Å². The molecule has 3 aromatic rings. The van der Waals surface area contributed by atoms with Gasteiger partial charge in [-0.3, -0.25) is 9.59 Å². The van der Waals surface area contributed by atoms with Crippen molar-refractivity contribution in [3.63, 3.8) is 0 Å². The average Bonchev–Trinajstić information content (AvgIpc) is 3.04. The third kappa shape index (κ3) is 4.46. The lowest BCUT2D eigenvalue weighted by Gasteiger charge is -2.18. The van der Waals surface area contributed by atoms with Gasteiger partial charge in [-0.25, -0.2) is 4.90 Å². The monoisotopic (exact) mass is 454 g/mol. The van der Waals surface area contributed by atoms with Gasteiger partial charge in [0.05, 0.1) is 17.9 Å². The highest BCUT2D eigenvalue weighted by Gasteiger charge is 2.41. The van der Waals surface area contributed by atoms with E-state index in [0.717, 1.165) is 34.2 Å². The zero-order valence-corrected chi connectivity index (χ0v) is 20.4. The van der Waals surface area contributed by atoms with Crippen LogP contribution in [0.15, 0.2) is 66.4 Å². The van der Waals surface area contributed by atoms with Crippen molar-refractivity contribution in [1.29, 1.82) is 0 Å². The summed E-state index contributed by atoms with van der Waals surface area (Å²) in [6.45, 7) is 10.6. The maximum Gasteiger partial charge on any atom is 0.282 e. The zero-order valence-electron chi connectivity index (χ0n) is 20.4. The molecule has 34 heavy (non-hydrogen) atoms. The SMILES string of the molecule is CCCOc1cccc(NC2=C(c3ccc(C)c(C)c3)C(=O)N(c3ccc(C)cc3C)C2=O)c1. The Kier molecular flexibility index (Phi) is 6.55. The highest BCUT2D eigenvalue weighted by molar-refractivity contribution is 6.46. The standard InChI is InChI=1S/C29H30N2O3/c1-6-14-34-24-9-7-8-23(17-24)30-27-26(22-12-11-19(3)20(4)16-22)28(32)31(29(27)33)25-13-10-18(2)15-21(25)5/h7-13,15-17,30H,6,14H2,1-5H3. The normalized spacial score (nSPS) is 13.6. The van der Waals surface area contributed by atoms with Crippen LogP contribution in [0.25, 0.3) is 5.57 Å². The summed E-state index contributed by atoms with van der Waals surface area (Å²) in [4.78, 5) is 28.7. The predicted molar refractivity (Wildman–Crippen MR) is 137 cm³/mol. The molecular formula is C29H30N2O3. The Balaban J connectivity index is 1.81. The second-order valence-electron chi connectivity index (χ2n) is 8.79. The number of benzene rings is 3. The van der Waals surface area contributed by atoms with Crippen LogP contribution in [-0.4, -0.2) is 18.4 Å². The number of imide groups is 1. The van der Waals surface area contributed by atoms with Crippen molar-refractivity contribution in [2.24, 2.45) is 0 Å². The molecule has 1 N–H and O–H groups in total. The summed E-state index contributed by atoms with van der Waals surface area (Å²) >= 11 is 0. The molecule has 0 unspecified atom stereocenters. The molecule has 2 amide bonds. The van der Waals surface area contributed by atoms with Crippen molar-refractivity contribution >= 4 is 28.8 Å². The van der Waals surface area contributed by atoms with E-state index in [1.165, 1.54) is 4.90 Å². The Hall–Kier alpha value is -3.86. The number of amides is 2. The van der Waals surface area contributed by atoms with E-state index in [2.05, 4.69) is 5.32 Å². The molecule has 1 heterocycles. The fourth-order valence-electron chi connectivity index (χ4n) is 4.11. The molecule has 4 rings (SSSR count). The molecule has 0 atom stereocenters. The van der Waals surface area contributed by atoms with Crippen LogP contribution in [0.2, 0.25) is 0 Å². The van der Waals surface area contributed by atoms with Gasteiger partial charge in [-0.15, -0.1) is 0 Å². The maximum atomic E-state index is 13.7. The van der Waals surface area contributed by atoms with Gasteiger partial charge in [-0.1, -0.05) is 48.9 Å². The molecular weight excluding hydrogens is 424 g/mol. The van der Waals surface area contributed by atoms with Gasteiger partial charge >= 0.3 is 0 Å². The van der Waals surface area contributed by atoms with Gasteiger partial charge in [0.1, 0.15) is 11.4 Å². The van der Waals surface area contributed by atoms with Crippen molar-refractivity contribution in [3.05, 3.63) is 94.2 Å². The van der Waals surface area contributed by atoms with E-state index >= 15 is 0 Å². The van der Waals surface area contributed by atoms with Gasteiger partial charge in [-0.2, -0.15) is 0 Å². The molecule has 0 fully saturated rings. The van der Waals surface area contributed by atoms with Crippen molar-refractivity contribution in [1.82, 2.24) is 0 Å². The van der Waals surface area contributed by atoms with E-state index in [4.69, 9.17) is 4.74 Å². The molecule has 5 nitrogen and oxygen atoms in total. The van der Waals surface area contributed by atoms with Crippen LogP contribution >= 0.6 is 0 Å². The minimum absolute atomic E-state index is 0.265. The van der Waals surface area contributed by atoms with Crippen molar-refractivity contribution in [2.45, 2.75) is 41.0 Å². The summed E-state index contributed by atoms with van der Waals surface area (Å²) in [5, 5.41) is 3.24. The summed E-state index contributed by atoms with van der Waals surface area (Å²) in [7, 11) is 0. The van der Waals surface area contributed by atoms with E-state index in [-0.39, 0.29) is 17.5 Å². The summed E-state index contributed by atoms with van der Waals surface area (Å²) in [6, 6.07) is 19.0. The predicted octanol–water partition coefficient (Wildman–Crippen LogP) is 6.11. The lowest BCUT2D eigenvalue weighted by Crippen LogP contribution is -2.33. The van der Waals surface area contributed by atoms with Gasteiger partial charge in [0, 0.05) is 11.8 Å². The number of anilines is 2. The molecule has 1 aliphatic rings. The Bertz CT molecular complexity index is 1310. The third-order valence-corrected chi connectivity index (χ3v) is 6.05. The van der Waals surface area contributed by atoms with Crippen LogP contribution in [0.3, 0.4) is 0 Å². The lowest BCUT2D eigenvalue weighted by molar-refractivity contribution is -0.120. The van der Waals surface area contributed by atoms with Crippen molar-refractivity contribution in [3.8, 4) is 5.75 Å². The molecule has 0 spiro atoms. The summed E-state index contributed by atoms with van der Waals surface area (Å²) in [5.74, 6) is 0.00865. The number of hydrogen-bond acceptors (Lipinski definition) is 4. The number of carbonyl (C=O) groups excluding carboxylic acids is 2. The second-order valence-corrected chi connectivity index (χ2v) is 8.79. The molecule has 0 saturated heterocycles. The van der Waals surface area contributed by atoms with Gasteiger partial charge in [0.2, 0.25) is 0 Å². The zero-order chi connectivity index (χ0) is 24.4. The largest absolute Gasteiger partial charge is 0.494 e. The first-order valence-corrected chi connectivity index (χ1v) is 11.6. The number of hydrogen-bond donors (Lipinski definition) is 1. The van der Waals surface area contributed by atoms with E-state index in [1.54, 1.807) is 0 Å². The van der Waals surface area contributed by atoms with Crippen molar-refractivity contribution < 1.29 is 14.3 Å². The smallest absolute Gasteiger partial charge is 0.282 e. The first-order chi connectivity index (χ1) is 16.3. The summed E-state index contributed by atoms with van der Waals surface area (Å²) < 4.78 is 5.75. The van der Waals surface area contributed by atoms with Crippen LogP contribution in [0, 0.1) is 27.7 Å². The minimum atomic E-state index is -0.370. The van der Waals surface area contributed by atoms with Crippen LogP contribution in [0.4, 0.5) is 11.4 Å². The van der Waals surface area contributed by atoms with Crippen LogP contribution in [-0.2, 0) is 9.59 Å². The van der Waals surface area contributed by atoms with E-state index < -0.39 is 0 Å². The highest BCUT2D eigenvalue weighted by atomic mass is 16.5. The van der Waals surface area contributed by atoms with E-state index in [9.17, 15) is 9.59 Å². The molecule has 0 saturated carbocycles. The topological polar surface area (TPSA) is 58.6 Å². The highest BCUT2D eigenvalue weighted by Crippen LogP contribution is 2.36. The van der Waals surface area contributed by atoms with E-state index in [0.29, 0.717) is 29.3 Å². The quantitative estimate of drug-likeness (QED) is 0.438. The van der Waals surface area contributed by atoms with Gasteiger partial charge < -0.3 is 10.1 Å². The Morgan fingerprint density at radius 2 is 1.62 bits per heavy atom. The number of nitrogens with zero attached hydrogens (tertiary/aromatic N) is 1. The molecule has 0 radical (unpaired) electrons. The average molecular weight is 455 g/mol. The number of rotatable bonds is 7. The van der Waals surface area contributed by atoms with Crippen LogP contribution < -0.4 is 15.0 Å².